The molecule has 0 bridgehead atoms. The Morgan fingerprint density at radius 1 is 1.22 bits per heavy atom. The molecule has 4 amide bonds. The molecule has 7 heteroatoms. The van der Waals surface area contributed by atoms with E-state index in [1.807, 2.05) is 19.0 Å². The van der Waals surface area contributed by atoms with Crippen LogP contribution in [-0.2, 0) is 9.59 Å². The minimum absolute atomic E-state index is 0.427. The first-order valence-corrected chi connectivity index (χ1v) is 5.73. The van der Waals surface area contributed by atoms with Gasteiger partial charge in [0.2, 0.25) is 11.8 Å². The van der Waals surface area contributed by atoms with Crippen molar-refractivity contribution in [2.75, 3.05) is 27.2 Å². The van der Waals surface area contributed by atoms with Crippen LogP contribution in [-0.4, -0.2) is 55.6 Å². The van der Waals surface area contributed by atoms with Gasteiger partial charge in [-0.15, -0.1) is 0 Å². The van der Waals surface area contributed by atoms with Crippen LogP contribution in [0.4, 0.5) is 4.79 Å². The quantitative estimate of drug-likeness (QED) is 0.389. The maximum atomic E-state index is 11.5. The molecule has 0 aromatic rings. The molecule has 0 saturated carbocycles. The Morgan fingerprint density at radius 3 is 2.28 bits per heavy atom. The number of hydrogen-bond acceptors (Lipinski definition) is 5. The number of carbonyl (C=O) groups excluding carboxylic acids is 3. The van der Waals surface area contributed by atoms with Crippen LogP contribution in [0.25, 0.3) is 0 Å². The van der Waals surface area contributed by atoms with Gasteiger partial charge in [-0.05, 0) is 34.0 Å². The third-order valence-electron chi connectivity index (χ3n) is 2.54. The summed E-state index contributed by atoms with van der Waals surface area (Å²) >= 11 is 0. The van der Waals surface area contributed by atoms with Crippen molar-refractivity contribution in [3.05, 3.63) is 0 Å². The lowest BCUT2D eigenvalue weighted by molar-refractivity contribution is -0.132. The second-order valence-corrected chi connectivity index (χ2v) is 4.42. The molecule has 2 N–H and O–H groups in total. The molecule has 0 radical (unpaired) electrons. The van der Waals surface area contributed by atoms with Gasteiger partial charge in [0, 0.05) is 12.3 Å². The summed E-state index contributed by atoms with van der Waals surface area (Å²) in [5.41, 5.74) is 0.427. The molecule has 1 saturated heterocycles. The van der Waals surface area contributed by atoms with Gasteiger partial charge >= 0.3 is 6.03 Å². The fourth-order valence-corrected chi connectivity index (χ4v) is 1.63. The van der Waals surface area contributed by atoms with E-state index in [4.69, 9.17) is 0 Å². The number of barbiturate groups is 1. The Balaban J connectivity index is 2.56. The van der Waals surface area contributed by atoms with Gasteiger partial charge in [0.25, 0.3) is 0 Å². The Labute approximate surface area is 106 Å². The van der Waals surface area contributed by atoms with E-state index < -0.39 is 23.8 Å². The highest BCUT2D eigenvalue weighted by Crippen LogP contribution is 2.05. The van der Waals surface area contributed by atoms with Crippen molar-refractivity contribution in [3.8, 4) is 0 Å². The van der Waals surface area contributed by atoms with Crippen molar-refractivity contribution < 1.29 is 14.4 Å². The molecule has 1 heterocycles. The van der Waals surface area contributed by atoms with E-state index in [-0.39, 0.29) is 0 Å². The Bertz CT molecular complexity index is 370. The van der Waals surface area contributed by atoms with Gasteiger partial charge in [-0.3, -0.25) is 25.2 Å². The van der Waals surface area contributed by atoms with Gasteiger partial charge in [0.1, 0.15) is 0 Å². The molecule has 0 aromatic carbocycles. The lowest BCUT2D eigenvalue weighted by Gasteiger charge is -2.20. The van der Waals surface area contributed by atoms with Gasteiger partial charge in [-0.25, -0.2) is 4.79 Å². The molecule has 0 spiro atoms. The van der Waals surface area contributed by atoms with Gasteiger partial charge in [-0.1, -0.05) is 0 Å². The van der Waals surface area contributed by atoms with Crippen LogP contribution in [0.5, 0.6) is 0 Å². The summed E-state index contributed by atoms with van der Waals surface area (Å²) in [5.74, 6) is -2.22. The van der Waals surface area contributed by atoms with E-state index in [1.165, 1.54) is 0 Å². The van der Waals surface area contributed by atoms with Crippen LogP contribution in [0.3, 0.4) is 0 Å². The zero-order valence-electron chi connectivity index (χ0n) is 10.8. The van der Waals surface area contributed by atoms with Crippen LogP contribution in [0, 0.1) is 5.92 Å². The average Bonchev–Trinajstić information content (AvgIpc) is 2.22. The van der Waals surface area contributed by atoms with E-state index in [9.17, 15) is 14.4 Å². The summed E-state index contributed by atoms with van der Waals surface area (Å²) in [6, 6.07) is -0.776. The highest BCUT2D eigenvalue weighted by molar-refractivity contribution is 6.27. The molecule has 0 aromatic heterocycles. The van der Waals surface area contributed by atoms with Crippen LogP contribution in [0.2, 0.25) is 0 Å². The molecule has 1 rings (SSSR count). The molecular formula is C11H18N4O3. The Hall–Kier alpha value is -1.76. The minimum Gasteiger partial charge on any atom is -0.309 e. The zero-order valence-corrected chi connectivity index (χ0v) is 10.8. The van der Waals surface area contributed by atoms with E-state index >= 15 is 0 Å². The van der Waals surface area contributed by atoms with Gasteiger partial charge in [-0.2, -0.15) is 0 Å². The van der Waals surface area contributed by atoms with Crippen molar-refractivity contribution in [2.45, 2.75) is 13.3 Å². The predicted octanol–water partition coefficient (Wildman–Crippen LogP) is -0.619. The smallest absolute Gasteiger partial charge is 0.309 e. The topological polar surface area (TPSA) is 90.9 Å². The van der Waals surface area contributed by atoms with Crippen molar-refractivity contribution in [2.24, 2.45) is 10.9 Å². The second-order valence-electron chi connectivity index (χ2n) is 4.42. The largest absolute Gasteiger partial charge is 0.328 e. The average molecular weight is 254 g/mol. The molecule has 0 aliphatic carbocycles. The standard InChI is InChI=1S/C11H18N4O3/c1-7(12-5-4-6-15(2)3)8-9(16)13-11(18)14-10(8)17/h8H,4-6H2,1-3H3,(H2,13,14,16,17,18). The fourth-order valence-electron chi connectivity index (χ4n) is 1.63. The number of aliphatic imine (C=N–C) groups is 1. The third kappa shape index (κ3) is 3.92. The van der Waals surface area contributed by atoms with Crippen molar-refractivity contribution >= 4 is 23.6 Å². The number of amides is 4. The van der Waals surface area contributed by atoms with Crippen LogP contribution >= 0.6 is 0 Å². The van der Waals surface area contributed by atoms with E-state index in [0.717, 1.165) is 13.0 Å². The summed E-state index contributed by atoms with van der Waals surface area (Å²) in [6.07, 6.45) is 0.846. The fraction of sp³-hybridized carbons (Fsp3) is 0.636. The molecule has 18 heavy (non-hydrogen) atoms. The number of nitrogens with zero attached hydrogens (tertiary/aromatic N) is 2. The van der Waals surface area contributed by atoms with E-state index in [0.29, 0.717) is 12.3 Å². The minimum atomic E-state index is -0.998. The van der Waals surface area contributed by atoms with Crippen LogP contribution in [0.15, 0.2) is 4.99 Å². The number of imide groups is 2. The highest BCUT2D eigenvalue weighted by Gasteiger charge is 2.36. The molecule has 0 atom stereocenters. The SMILES string of the molecule is CC(=NCCCN(C)C)C1C(=O)NC(=O)NC1=O. The first-order chi connectivity index (χ1) is 8.41. The maximum absolute atomic E-state index is 11.5. The monoisotopic (exact) mass is 254 g/mol. The van der Waals surface area contributed by atoms with Crippen molar-refractivity contribution in [1.29, 1.82) is 0 Å². The molecule has 1 fully saturated rings. The lowest BCUT2D eigenvalue weighted by atomic mass is 10.0. The summed E-state index contributed by atoms with van der Waals surface area (Å²) in [5, 5.41) is 4.10. The molecule has 7 nitrogen and oxygen atoms in total. The highest BCUT2D eigenvalue weighted by atomic mass is 16.2. The van der Waals surface area contributed by atoms with Crippen molar-refractivity contribution in [1.82, 2.24) is 15.5 Å². The maximum Gasteiger partial charge on any atom is 0.328 e. The number of nitrogens with one attached hydrogen (secondary N) is 2. The Morgan fingerprint density at radius 2 is 1.78 bits per heavy atom. The summed E-state index contributed by atoms with van der Waals surface area (Å²) in [7, 11) is 3.93. The summed E-state index contributed by atoms with van der Waals surface area (Å²) < 4.78 is 0. The van der Waals surface area contributed by atoms with Crippen LogP contribution in [0.1, 0.15) is 13.3 Å². The second kappa shape index (κ2) is 6.25. The number of urea groups is 1. The molecule has 1 aliphatic rings. The number of rotatable bonds is 5. The van der Waals surface area contributed by atoms with Gasteiger partial charge < -0.3 is 4.90 Å². The summed E-state index contributed by atoms with van der Waals surface area (Å²) in [4.78, 5) is 40.1. The van der Waals surface area contributed by atoms with E-state index in [1.54, 1.807) is 6.92 Å². The Kier molecular flexibility index (Phi) is 4.96. The lowest BCUT2D eigenvalue weighted by Crippen LogP contribution is -2.57. The first-order valence-electron chi connectivity index (χ1n) is 5.73. The predicted molar refractivity (Wildman–Crippen MR) is 66.3 cm³/mol. The van der Waals surface area contributed by atoms with Crippen LogP contribution < -0.4 is 10.6 Å². The zero-order chi connectivity index (χ0) is 13.7. The third-order valence-corrected chi connectivity index (χ3v) is 2.54. The number of hydrogen-bond donors (Lipinski definition) is 2. The van der Waals surface area contributed by atoms with Gasteiger partial charge in [0.05, 0.1) is 0 Å². The van der Waals surface area contributed by atoms with E-state index in [2.05, 4.69) is 15.6 Å². The summed E-state index contributed by atoms with van der Waals surface area (Å²) in [6.45, 7) is 3.06. The first kappa shape index (κ1) is 14.3. The molecule has 0 unspecified atom stereocenters. The molecule has 1 aliphatic heterocycles. The number of carbonyl (C=O) groups is 3. The molecule has 100 valence electrons. The van der Waals surface area contributed by atoms with Gasteiger partial charge in [0.15, 0.2) is 5.92 Å². The molecular weight excluding hydrogens is 236 g/mol. The van der Waals surface area contributed by atoms with Crippen molar-refractivity contribution in [3.63, 3.8) is 0 Å². The normalized spacial score (nSPS) is 18.0.